The van der Waals surface area contributed by atoms with Gasteiger partial charge in [0.1, 0.15) is 0 Å². The smallest absolute Gasteiger partial charge is 0.0134 e. The summed E-state index contributed by atoms with van der Waals surface area (Å²) in [6.07, 6.45) is 2.23. The zero-order valence-electron chi connectivity index (χ0n) is 6.86. The Kier molecular flexibility index (Phi) is 4.41. The van der Waals surface area contributed by atoms with Crippen molar-refractivity contribution in [1.82, 2.24) is 5.32 Å². The van der Waals surface area contributed by atoms with Gasteiger partial charge in [-0.15, -0.1) is 0 Å². The van der Waals surface area contributed by atoms with Gasteiger partial charge in [-0.25, -0.2) is 0 Å². The fraction of sp³-hybridized carbons (Fsp3) is 0.750. The Balaban J connectivity index is 3.55. The van der Waals surface area contributed by atoms with Crippen molar-refractivity contribution in [3.8, 4) is 0 Å². The van der Waals surface area contributed by atoms with Crippen molar-refractivity contribution < 1.29 is 0 Å². The highest BCUT2D eigenvalue weighted by atomic mass is 14.8. The number of hydrogen-bond donors (Lipinski definition) is 1. The molecule has 1 heteroatoms. The molecule has 1 nitrogen and oxygen atoms in total. The second-order valence-corrected chi connectivity index (χ2v) is 2.66. The maximum atomic E-state index is 3.08. The van der Waals surface area contributed by atoms with E-state index >= 15 is 0 Å². The number of hydrogen-bond acceptors (Lipinski definition) is 1. The Hall–Kier alpha value is -0.300. The van der Waals surface area contributed by atoms with Crippen molar-refractivity contribution in [2.75, 3.05) is 13.6 Å². The predicted molar refractivity (Wildman–Crippen MR) is 42.5 cm³/mol. The highest BCUT2D eigenvalue weighted by Gasteiger charge is 1.92. The van der Waals surface area contributed by atoms with Gasteiger partial charge in [-0.3, -0.25) is 0 Å². The molecule has 0 atom stereocenters. The van der Waals surface area contributed by atoms with Crippen molar-refractivity contribution in [1.29, 1.82) is 0 Å². The predicted octanol–water partition coefficient (Wildman–Crippen LogP) is 1.81. The lowest BCUT2D eigenvalue weighted by atomic mass is 10.1. The van der Waals surface area contributed by atoms with Crippen LogP contribution in [0.1, 0.15) is 20.8 Å². The Morgan fingerprint density at radius 1 is 1.56 bits per heavy atom. The third-order valence-electron chi connectivity index (χ3n) is 1.54. The average molecular weight is 127 g/mol. The largest absolute Gasteiger partial charge is 0.316 e. The molecule has 0 rings (SSSR count). The van der Waals surface area contributed by atoms with Crippen molar-refractivity contribution in [2.24, 2.45) is 5.92 Å². The molecule has 0 radical (unpaired) electrons. The molecule has 0 aliphatic carbocycles. The maximum absolute atomic E-state index is 3.08. The summed E-state index contributed by atoms with van der Waals surface area (Å²) in [5.41, 5.74) is 1.46. The Morgan fingerprint density at radius 3 is 2.44 bits per heavy atom. The Morgan fingerprint density at radius 2 is 2.11 bits per heavy atom. The first kappa shape index (κ1) is 8.70. The van der Waals surface area contributed by atoms with Gasteiger partial charge in [0.15, 0.2) is 0 Å². The molecule has 1 N–H and O–H groups in total. The van der Waals surface area contributed by atoms with Crippen LogP contribution in [-0.4, -0.2) is 13.6 Å². The lowest BCUT2D eigenvalue weighted by Gasteiger charge is -2.03. The highest BCUT2D eigenvalue weighted by molar-refractivity contribution is 5.01. The van der Waals surface area contributed by atoms with E-state index in [-0.39, 0.29) is 0 Å². The minimum Gasteiger partial charge on any atom is -0.316 e. The van der Waals surface area contributed by atoms with E-state index in [1.54, 1.807) is 0 Å². The molecule has 0 spiro atoms. The minimum absolute atomic E-state index is 0.693. The normalized spacial score (nSPS) is 12.8. The highest BCUT2D eigenvalue weighted by Crippen LogP contribution is 2.05. The molecule has 0 saturated carbocycles. The van der Waals surface area contributed by atoms with E-state index in [1.165, 1.54) is 5.57 Å². The summed E-state index contributed by atoms with van der Waals surface area (Å²) in [5, 5.41) is 3.08. The molecule has 0 aromatic heterocycles. The third-order valence-corrected chi connectivity index (χ3v) is 1.54. The standard InChI is InChI=1S/C8H17N/c1-7(2)8(3)5-6-9-4/h5,7,9H,6H2,1-4H3/b8-5+. The molecule has 0 aliphatic rings. The Bertz CT molecular complexity index is 92.7. The summed E-state index contributed by atoms with van der Waals surface area (Å²) in [6.45, 7) is 7.58. The van der Waals surface area contributed by atoms with Gasteiger partial charge in [0.05, 0.1) is 0 Å². The van der Waals surface area contributed by atoms with E-state index in [2.05, 4.69) is 32.2 Å². The van der Waals surface area contributed by atoms with E-state index < -0.39 is 0 Å². The first-order chi connectivity index (χ1) is 4.18. The summed E-state index contributed by atoms with van der Waals surface area (Å²) >= 11 is 0. The van der Waals surface area contributed by atoms with Crippen LogP contribution < -0.4 is 5.32 Å². The Labute approximate surface area is 58.2 Å². The average Bonchev–Trinajstić information content (AvgIpc) is 1.82. The number of allylic oxidation sites excluding steroid dienone is 1. The van der Waals surface area contributed by atoms with Gasteiger partial charge in [-0.2, -0.15) is 0 Å². The molecule has 0 aromatic carbocycles. The molecule has 9 heavy (non-hydrogen) atoms. The van der Waals surface area contributed by atoms with Crippen molar-refractivity contribution >= 4 is 0 Å². The van der Waals surface area contributed by atoms with Crippen molar-refractivity contribution in [3.63, 3.8) is 0 Å². The number of nitrogens with one attached hydrogen (secondary N) is 1. The van der Waals surface area contributed by atoms with Gasteiger partial charge in [-0.05, 0) is 19.9 Å². The van der Waals surface area contributed by atoms with E-state index in [9.17, 15) is 0 Å². The van der Waals surface area contributed by atoms with Crippen LogP contribution in [0.25, 0.3) is 0 Å². The molecule has 54 valence electrons. The van der Waals surface area contributed by atoms with E-state index in [0.29, 0.717) is 5.92 Å². The lowest BCUT2D eigenvalue weighted by Crippen LogP contribution is -2.05. The van der Waals surface area contributed by atoms with Crippen LogP contribution in [0.2, 0.25) is 0 Å². The molecule has 0 aromatic rings. The second-order valence-electron chi connectivity index (χ2n) is 2.66. The van der Waals surface area contributed by atoms with Gasteiger partial charge >= 0.3 is 0 Å². The lowest BCUT2D eigenvalue weighted by molar-refractivity contribution is 0.757. The third kappa shape index (κ3) is 4.22. The second kappa shape index (κ2) is 4.57. The zero-order chi connectivity index (χ0) is 7.28. The van der Waals surface area contributed by atoms with E-state index in [0.717, 1.165) is 6.54 Å². The SMILES string of the molecule is CNC/C=C(\C)C(C)C. The number of likely N-dealkylation sites (N-methyl/N-ethyl adjacent to an activating group) is 1. The van der Waals surface area contributed by atoms with Crippen LogP contribution >= 0.6 is 0 Å². The molecule has 0 saturated heterocycles. The fourth-order valence-electron chi connectivity index (χ4n) is 0.499. The van der Waals surface area contributed by atoms with Crippen LogP contribution in [0.5, 0.6) is 0 Å². The van der Waals surface area contributed by atoms with Crippen LogP contribution in [0.3, 0.4) is 0 Å². The first-order valence-corrected chi connectivity index (χ1v) is 3.49. The summed E-state index contributed by atoms with van der Waals surface area (Å²) in [6, 6.07) is 0. The maximum Gasteiger partial charge on any atom is 0.0134 e. The van der Waals surface area contributed by atoms with Crippen LogP contribution in [0.4, 0.5) is 0 Å². The minimum atomic E-state index is 0.693. The van der Waals surface area contributed by atoms with Crippen molar-refractivity contribution in [3.05, 3.63) is 11.6 Å². The topological polar surface area (TPSA) is 12.0 Å². The van der Waals surface area contributed by atoms with Gasteiger partial charge in [-0.1, -0.05) is 25.5 Å². The number of rotatable bonds is 3. The summed E-state index contributed by atoms with van der Waals surface area (Å²) < 4.78 is 0. The van der Waals surface area contributed by atoms with Gasteiger partial charge in [0.25, 0.3) is 0 Å². The molecule has 0 unspecified atom stereocenters. The monoisotopic (exact) mass is 127 g/mol. The molecule has 0 fully saturated rings. The van der Waals surface area contributed by atoms with Crippen LogP contribution in [0.15, 0.2) is 11.6 Å². The van der Waals surface area contributed by atoms with Crippen molar-refractivity contribution in [2.45, 2.75) is 20.8 Å². The molecular weight excluding hydrogens is 110 g/mol. The van der Waals surface area contributed by atoms with E-state index in [1.807, 2.05) is 7.05 Å². The van der Waals surface area contributed by atoms with Gasteiger partial charge in [0.2, 0.25) is 0 Å². The van der Waals surface area contributed by atoms with E-state index in [4.69, 9.17) is 0 Å². The molecule has 0 amide bonds. The zero-order valence-corrected chi connectivity index (χ0v) is 6.86. The quantitative estimate of drug-likeness (QED) is 0.570. The summed E-state index contributed by atoms with van der Waals surface area (Å²) in [4.78, 5) is 0. The van der Waals surface area contributed by atoms with Crippen LogP contribution in [0, 0.1) is 5.92 Å². The van der Waals surface area contributed by atoms with Gasteiger partial charge in [0, 0.05) is 6.54 Å². The van der Waals surface area contributed by atoms with Gasteiger partial charge < -0.3 is 5.32 Å². The fourth-order valence-corrected chi connectivity index (χ4v) is 0.499. The summed E-state index contributed by atoms with van der Waals surface area (Å²) in [5.74, 6) is 0.693. The summed E-state index contributed by atoms with van der Waals surface area (Å²) in [7, 11) is 1.96. The molecular formula is C8H17N. The molecule has 0 bridgehead atoms. The van der Waals surface area contributed by atoms with Crippen LogP contribution in [-0.2, 0) is 0 Å². The molecule has 0 heterocycles. The first-order valence-electron chi connectivity index (χ1n) is 3.49. The molecule has 0 aliphatic heterocycles.